The molecule has 0 amide bonds. The first kappa shape index (κ1) is 21.9. The van der Waals surface area contributed by atoms with Crippen LogP contribution in [0.15, 0.2) is 50.6 Å². The zero-order chi connectivity index (χ0) is 17.3. The normalized spacial score (nSPS) is 13.8. The number of aliphatic imine (C=N–C) groups is 1. The Labute approximate surface area is 169 Å². The number of nitrogens with zero attached hydrogens (tertiary/aromatic N) is 1. The van der Waals surface area contributed by atoms with Crippen LogP contribution < -0.4 is 10.6 Å². The minimum absolute atomic E-state index is 0. The van der Waals surface area contributed by atoms with Crippen molar-refractivity contribution in [3.05, 3.63) is 48.3 Å². The molecule has 25 heavy (non-hydrogen) atoms. The molecule has 6 nitrogen and oxygen atoms in total. The van der Waals surface area contributed by atoms with Crippen molar-refractivity contribution in [3.63, 3.8) is 0 Å². The van der Waals surface area contributed by atoms with Gasteiger partial charge in [0.05, 0.1) is 19.1 Å². The Morgan fingerprint density at radius 1 is 1.20 bits per heavy atom. The van der Waals surface area contributed by atoms with Gasteiger partial charge in [-0.05, 0) is 37.4 Å². The van der Waals surface area contributed by atoms with Gasteiger partial charge in [0.1, 0.15) is 17.1 Å². The molecular weight excluding hydrogens is 453 g/mol. The molecule has 0 aliphatic carbocycles. The molecule has 2 rings (SSSR count). The summed E-state index contributed by atoms with van der Waals surface area (Å²) < 4.78 is 10.6. The molecule has 2 aromatic heterocycles. The third kappa shape index (κ3) is 7.74. The lowest BCUT2D eigenvalue weighted by Gasteiger charge is -2.19. The van der Waals surface area contributed by atoms with E-state index >= 15 is 0 Å². The number of guanidine groups is 1. The molecule has 0 aliphatic heterocycles. The van der Waals surface area contributed by atoms with Gasteiger partial charge in [-0.15, -0.1) is 24.0 Å². The second-order valence-corrected chi connectivity index (χ2v) is 6.58. The molecule has 0 aliphatic rings. The lowest BCUT2D eigenvalue weighted by molar-refractivity contribution is 0.0437. The van der Waals surface area contributed by atoms with E-state index in [0.29, 0.717) is 18.3 Å². The average Bonchev–Trinajstić information content (AvgIpc) is 3.26. The van der Waals surface area contributed by atoms with E-state index in [2.05, 4.69) is 21.9 Å². The van der Waals surface area contributed by atoms with Crippen LogP contribution in [0.5, 0.6) is 0 Å². The van der Waals surface area contributed by atoms with E-state index in [9.17, 15) is 5.11 Å². The highest BCUT2D eigenvalue weighted by atomic mass is 127. The fraction of sp³-hybridized carbons (Fsp3) is 0.471. The molecular formula is C17H26IN3O3S. The number of thioether (sulfide) groups is 1. The summed E-state index contributed by atoms with van der Waals surface area (Å²) >= 11 is 1.76. The molecule has 140 valence electrons. The Hall–Kier alpha value is -1.13. The smallest absolute Gasteiger partial charge is 0.191 e. The van der Waals surface area contributed by atoms with Crippen LogP contribution in [0.3, 0.4) is 0 Å². The Morgan fingerprint density at radius 2 is 1.92 bits per heavy atom. The first-order chi connectivity index (χ1) is 11.6. The van der Waals surface area contributed by atoms with E-state index in [0.717, 1.165) is 24.5 Å². The SMILES string of the molecule is CSCCNC(=NCC(C)(O)c1ccco1)NCCc1ccco1.I. The fourth-order valence-electron chi connectivity index (χ4n) is 2.10. The summed E-state index contributed by atoms with van der Waals surface area (Å²) in [6.45, 7) is 3.39. The summed E-state index contributed by atoms with van der Waals surface area (Å²) in [7, 11) is 0. The summed E-state index contributed by atoms with van der Waals surface area (Å²) in [5.74, 6) is 3.08. The lowest BCUT2D eigenvalue weighted by atomic mass is 10.0. The van der Waals surface area contributed by atoms with Crippen LogP contribution in [0.2, 0.25) is 0 Å². The van der Waals surface area contributed by atoms with Gasteiger partial charge in [-0.2, -0.15) is 11.8 Å². The van der Waals surface area contributed by atoms with E-state index in [1.807, 2.05) is 12.1 Å². The van der Waals surface area contributed by atoms with Crippen molar-refractivity contribution in [1.82, 2.24) is 10.6 Å². The van der Waals surface area contributed by atoms with Crippen molar-refractivity contribution in [2.75, 3.05) is 31.6 Å². The molecule has 1 unspecified atom stereocenters. The highest BCUT2D eigenvalue weighted by molar-refractivity contribution is 14.0. The largest absolute Gasteiger partial charge is 0.469 e. The van der Waals surface area contributed by atoms with Crippen LogP contribution in [0.1, 0.15) is 18.4 Å². The highest BCUT2D eigenvalue weighted by Crippen LogP contribution is 2.20. The summed E-state index contributed by atoms with van der Waals surface area (Å²) in [6.07, 6.45) is 6.05. The second kappa shape index (κ2) is 11.5. The summed E-state index contributed by atoms with van der Waals surface area (Å²) in [5, 5.41) is 17.0. The lowest BCUT2D eigenvalue weighted by Crippen LogP contribution is -2.40. The van der Waals surface area contributed by atoms with Gasteiger partial charge in [-0.25, -0.2) is 4.99 Å². The predicted octanol–water partition coefficient (Wildman–Crippen LogP) is 2.84. The molecule has 0 radical (unpaired) electrons. The van der Waals surface area contributed by atoms with Gasteiger partial charge < -0.3 is 24.6 Å². The number of furan rings is 2. The number of hydrogen-bond acceptors (Lipinski definition) is 5. The topological polar surface area (TPSA) is 82.9 Å². The maximum absolute atomic E-state index is 10.5. The van der Waals surface area contributed by atoms with Gasteiger partial charge in [0.2, 0.25) is 0 Å². The zero-order valence-corrected chi connectivity index (χ0v) is 17.7. The van der Waals surface area contributed by atoms with Crippen LogP contribution >= 0.6 is 35.7 Å². The molecule has 2 heterocycles. The molecule has 0 fully saturated rings. The molecule has 0 bridgehead atoms. The van der Waals surface area contributed by atoms with E-state index in [1.165, 1.54) is 0 Å². The molecule has 1 atom stereocenters. The molecule has 3 N–H and O–H groups in total. The van der Waals surface area contributed by atoms with Crippen molar-refractivity contribution in [1.29, 1.82) is 0 Å². The Bertz CT molecular complexity index is 601. The molecule has 0 spiro atoms. The minimum atomic E-state index is -1.14. The van der Waals surface area contributed by atoms with Crippen LogP contribution in [-0.4, -0.2) is 42.7 Å². The number of nitrogens with one attached hydrogen (secondary N) is 2. The minimum Gasteiger partial charge on any atom is -0.469 e. The average molecular weight is 479 g/mol. The van der Waals surface area contributed by atoms with Gasteiger partial charge >= 0.3 is 0 Å². The van der Waals surface area contributed by atoms with Crippen molar-refractivity contribution >= 4 is 41.7 Å². The number of aliphatic hydroxyl groups is 1. The van der Waals surface area contributed by atoms with Crippen LogP contribution in [0.4, 0.5) is 0 Å². The van der Waals surface area contributed by atoms with E-state index in [1.54, 1.807) is 43.3 Å². The summed E-state index contributed by atoms with van der Waals surface area (Å²) in [4.78, 5) is 4.49. The Kier molecular flexibility index (Phi) is 10.1. The van der Waals surface area contributed by atoms with Gasteiger partial charge in [-0.1, -0.05) is 0 Å². The Balaban J connectivity index is 0.00000312. The monoisotopic (exact) mass is 479 g/mol. The number of hydrogen-bond donors (Lipinski definition) is 3. The Morgan fingerprint density at radius 3 is 2.56 bits per heavy atom. The highest BCUT2D eigenvalue weighted by Gasteiger charge is 2.26. The van der Waals surface area contributed by atoms with Gasteiger partial charge in [0.25, 0.3) is 0 Å². The van der Waals surface area contributed by atoms with E-state index in [-0.39, 0.29) is 30.5 Å². The van der Waals surface area contributed by atoms with Crippen molar-refractivity contribution < 1.29 is 13.9 Å². The zero-order valence-electron chi connectivity index (χ0n) is 14.5. The first-order valence-corrected chi connectivity index (χ1v) is 9.31. The van der Waals surface area contributed by atoms with Crippen molar-refractivity contribution in [3.8, 4) is 0 Å². The maximum atomic E-state index is 10.5. The second-order valence-electron chi connectivity index (χ2n) is 5.59. The molecule has 8 heteroatoms. The van der Waals surface area contributed by atoms with Crippen molar-refractivity contribution in [2.24, 2.45) is 4.99 Å². The summed E-state index contributed by atoms with van der Waals surface area (Å²) in [6, 6.07) is 7.33. The first-order valence-electron chi connectivity index (χ1n) is 7.91. The third-order valence-corrected chi connectivity index (χ3v) is 4.05. The van der Waals surface area contributed by atoms with Gasteiger partial charge in [0, 0.05) is 25.3 Å². The predicted molar refractivity (Wildman–Crippen MR) is 113 cm³/mol. The fourth-order valence-corrected chi connectivity index (χ4v) is 2.41. The molecule has 2 aromatic rings. The van der Waals surface area contributed by atoms with Crippen molar-refractivity contribution in [2.45, 2.75) is 18.9 Å². The molecule has 0 saturated carbocycles. The van der Waals surface area contributed by atoms with Crippen LogP contribution in [0, 0.1) is 0 Å². The van der Waals surface area contributed by atoms with E-state index < -0.39 is 5.60 Å². The molecule has 0 saturated heterocycles. The standard InChI is InChI=1S/C17H25N3O3S.HI/c1-17(21,15-6-4-11-23-15)13-20-16(19-9-12-24-2)18-8-7-14-5-3-10-22-14;/h3-6,10-11,21H,7-9,12-13H2,1-2H3,(H2,18,19,20);1H. The maximum Gasteiger partial charge on any atom is 0.191 e. The van der Waals surface area contributed by atoms with Gasteiger partial charge in [0.15, 0.2) is 5.96 Å². The molecule has 0 aromatic carbocycles. The van der Waals surface area contributed by atoms with Gasteiger partial charge in [-0.3, -0.25) is 0 Å². The number of halogens is 1. The van der Waals surface area contributed by atoms with Crippen LogP contribution in [0.25, 0.3) is 0 Å². The van der Waals surface area contributed by atoms with E-state index in [4.69, 9.17) is 8.83 Å². The number of rotatable bonds is 9. The third-order valence-electron chi connectivity index (χ3n) is 3.44. The summed E-state index contributed by atoms with van der Waals surface area (Å²) in [5.41, 5.74) is -1.14. The quantitative estimate of drug-likeness (QED) is 0.222. The van der Waals surface area contributed by atoms with Crippen LogP contribution in [-0.2, 0) is 12.0 Å².